The maximum atomic E-state index is 11.7. The molecule has 0 fully saturated rings. The molecule has 0 bridgehead atoms. The Morgan fingerprint density at radius 2 is 1.72 bits per heavy atom. The Hall–Kier alpha value is -2.06. The van der Waals surface area contributed by atoms with Crippen molar-refractivity contribution < 1.29 is 0 Å². The van der Waals surface area contributed by atoms with Gasteiger partial charge in [0.1, 0.15) is 0 Å². The van der Waals surface area contributed by atoms with E-state index in [9.17, 15) is 4.79 Å². The number of aromatic nitrogens is 1. The highest BCUT2D eigenvalue weighted by Crippen LogP contribution is 2.20. The van der Waals surface area contributed by atoms with Crippen LogP contribution in [0, 0.1) is 0 Å². The number of fused-ring (bicyclic) bond motifs is 1. The van der Waals surface area contributed by atoms with Gasteiger partial charge in [0.25, 0.3) is 0 Å². The Morgan fingerprint density at radius 3 is 2.50 bits per heavy atom. The van der Waals surface area contributed by atoms with E-state index in [4.69, 9.17) is 11.6 Å². The monoisotopic (exact) mass is 255 g/mol. The third-order valence-electron chi connectivity index (χ3n) is 2.84. The van der Waals surface area contributed by atoms with Crippen LogP contribution < -0.4 is 5.43 Å². The van der Waals surface area contributed by atoms with E-state index in [0.29, 0.717) is 5.02 Å². The van der Waals surface area contributed by atoms with Gasteiger partial charge in [0.05, 0.1) is 11.2 Å². The van der Waals surface area contributed by atoms with Crippen molar-refractivity contribution in [2.45, 2.75) is 0 Å². The standard InChI is InChI=1S/C15H10ClNO/c16-12-6-7-17-13(8-12)9-14(18)10-15(17)11-4-2-1-3-5-11/h1-10H. The zero-order chi connectivity index (χ0) is 12.5. The second-order valence-electron chi connectivity index (χ2n) is 4.08. The first-order valence-corrected chi connectivity index (χ1v) is 5.99. The molecule has 0 amide bonds. The largest absolute Gasteiger partial charge is 0.316 e. The van der Waals surface area contributed by atoms with Crippen molar-refractivity contribution in [3.05, 3.63) is 76.0 Å². The van der Waals surface area contributed by atoms with Crippen LogP contribution in [-0.4, -0.2) is 4.40 Å². The van der Waals surface area contributed by atoms with Gasteiger partial charge in [-0.1, -0.05) is 41.9 Å². The van der Waals surface area contributed by atoms with Crippen molar-refractivity contribution in [1.29, 1.82) is 0 Å². The summed E-state index contributed by atoms with van der Waals surface area (Å²) in [5, 5.41) is 0.625. The van der Waals surface area contributed by atoms with Crippen LogP contribution in [0.2, 0.25) is 5.02 Å². The molecule has 0 atom stereocenters. The van der Waals surface area contributed by atoms with E-state index >= 15 is 0 Å². The highest BCUT2D eigenvalue weighted by atomic mass is 35.5. The Kier molecular flexibility index (Phi) is 2.65. The highest BCUT2D eigenvalue weighted by molar-refractivity contribution is 6.30. The molecule has 2 aromatic heterocycles. The van der Waals surface area contributed by atoms with Gasteiger partial charge in [0.15, 0.2) is 5.43 Å². The number of benzene rings is 1. The molecule has 0 aliphatic rings. The average Bonchev–Trinajstić information content (AvgIpc) is 2.38. The molecule has 0 unspecified atom stereocenters. The molecule has 18 heavy (non-hydrogen) atoms. The molecule has 0 saturated heterocycles. The van der Waals surface area contributed by atoms with Gasteiger partial charge >= 0.3 is 0 Å². The van der Waals surface area contributed by atoms with Crippen LogP contribution in [-0.2, 0) is 0 Å². The van der Waals surface area contributed by atoms with Crippen molar-refractivity contribution in [3.8, 4) is 11.3 Å². The smallest absolute Gasteiger partial charge is 0.182 e. The lowest BCUT2D eigenvalue weighted by molar-refractivity contribution is 1.16. The fourth-order valence-corrected chi connectivity index (χ4v) is 2.21. The lowest BCUT2D eigenvalue weighted by Crippen LogP contribution is -2.04. The van der Waals surface area contributed by atoms with Crippen LogP contribution in [0.25, 0.3) is 16.8 Å². The maximum Gasteiger partial charge on any atom is 0.182 e. The van der Waals surface area contributed by atoms with Gasteiger partial charge in [-0.3, -0.25) is 4.79 Å². The lowest BCUT2D eigenvalue weighted by Gasteiger charge is -2.09. The van der Waals surface area contributed by atoms with Crippen LogP contribution in [0.1, 0.15) is 0 Å². The highest BCUT2D eigenvalue weighted by Gasteiger charge is 2.04. The molecule has 2 nitrogen and oxygen atoms in total. The van der Waals surface area contributed by atoms with E-state index in [1.54, 1.807) is 18.2 Å². The van der Waals surface area contributed by atoms with Crippen molar-refractivity contribution in [1.82, 2.24) is 4.40 Å². The first kappa shape index (κ1) is 11.1. The van der Waals surface area contributed by atoms with Crippen LogP contribution >= 0.6 is 11.6 Å². The zero-order valence-electron chi connectivity index (χ0n) is 9.51. The molecule has 0 aliphatic heterocycles. The first-order valence-electron chi connectivity index (χ1n) is 5.61. The predicted octanol–water partition coefficient (Wildman–Crippen LogP) is 3.62. The lowest BCUT2D eigenvalue weighted by atomic mass is 10.1. The SMILES string of the molecule is O=c1cc(-c2ccccc2)n2ccc(Cl)cc2c1. The minimum absolute atomic E-state index is 0.0175. The molecule has 0 aliphatic carbocycles. The predicted molar refractivity (Wildman–Crippen MR) is 74.1 cm³/mol. The van der Waals surface area contributed by atoms with Gasteiger partial charge in [-0.25, -0.2) is 0 Å². The topological polar surface area (TPSA) is 21.5 Å². The van der Waals surface area contributed by atoms with Crippen molar-refractivity contribution in [2.75, 3.05) is 0 Å². The van der Waals surface area contributed by atoms with Gasteiger partial charge in [-0.2, -0.15) is 0 Å². The number of halogens is 1. The zero-order valence-corrected chi connectivity index (χ0v) is 10.3. The molecule has 3 rings (SSSR count). The Bertz CT molecular complexity index is 762. The van der Waals surface area contributed by atoms with E-state index in [-0.39, 0.29) is 5.43 Å². The van der Waals surface area contributed by atoms with E-state index in [1.807, 2.05) is 47.0 Å². The first-order chi connectivity index (χ1) is 8.74. The third kappa shape index (κ3) is 1.91. The Morgan fingerprint density at radius 1 is 0.944 bits per heavy atom. The molecule has 88 valence electrons. The molecule has 0 saturated carbocycles. The summed E-state index contributed by atoms with van der Waals surface area (Å²) < 4.78 is 1.96. The maximum absolute atomic E-state index is 11.7. The van der Waals surface area contributed by atoms with E-state index in [1.165, 1.54) is 0 Å². The average molecular weight is 256 g/mol. The van der Waals surface area contributed by atoms with Gasteiger partial charge in [-0.05, 0) is 17.7 Å². The van der Waals surface area contributed by atoms with E-state index in [0.717, 1.165) is 16.8 Å². The fourth-order valence-electron chi connectivity index (χ4n) is 2.04. The third-order valence-corrected chi connectivity index (χ3v) is 3.08. The molecule has 0 spiro atoms. The number of hydrogen-bond acceptors (Lipinski definition) is 1. The fraction of sp³-hybridized carbons (Fsp3) is 0. The normalized spacial score (nSPS) is 10.7. The molecule has 2 heterocycles. The molecule has 1 aromatic carbocycles. The van der Waals surface area contributed by atoms with Gasteiger partial charge in [0, 0.05) is 23.4 Å². The summed E-state index contributed by atoms with van der Waals surface area (Å²) in [5.74, 6) is 0. The van der Waals surface area contributed by atoms with Gasteiger partial charge < -0.3 is 4.40 Å². The minimum Gasteiger partial charge on any atom is -0.316 e. The summed E-state index contributed by atoms with van der Waals surface area (Å²) >= 11 is 5.95. The summed E-state index contributed by atoms with van der Waals surface area (Å²) in [7, 11) is 0. The molecule has 3 heteroatoms. The van der Waals surface area contributed by atoms with E-state index in [2.05, 4.69) is 0 Å². The van der Waals surface area contributed by atoms with Crippen LogP contribution in [0.5, 0.6) is 0 Å². The Balaban J connectivity index is 2.39. The van der Waals surface area contributed by atoms with Crippen molar-refractivity contribution in [2.24, 2.45) is 0 Å². The summed E-state index contributed by atoms with van der Waals surface area (Å²) in [5.41, 5.74) is 2.66. The Labute approximate surface area is 109 Å². The summed E-state index contributed by atoms with van der Waals surface area (Å²) in [4.78, 5) is 11.7. The second kappa shape index (κ2) is 4.31. The molecule has 0 radical (unpaired) electrons. The quantitative estimate of drug-likeness (QED) is 0.651. The summed E-state index contributed by atoms with van der Waals surface area (Å²) in [6.45, 7) is 0. The summed E-state index contributed by atoms with van der Waals surface area (Å²) in [6, 6.07) is 16.6. The van der Waals surface area contributed by atoms with Gasteiger partial charge in [0.2, 0.25) is 0 Å². The summed E-state index contributed by atoms with van der Waals surface area (Å²) in [6.07, 6.45) is 1.87. The van der Waals surface area contributed by atoms with Crippen molar-refractivity contribution in [3.63, 3.8) is 0 Å². The van der Waals surface area contributed by atoms with Crippen LogP contribution in [0.3, 0.4) is 0 Å². The molecule has 0 N–H and O–H groups in total. The molecule has 3 aromatic rings. The number of nitrogens with zero attached hydrogens (tertiary/aromatic N) is 1. The molecular formula is C15H10ClNO. The number of pyridine rings is 2. The number of rotatable bonds is 1. The van der Waals surface area contributed by atoms with Crippen LogP contribution in [0.4, 0.5) is 0 Å². The molecular weight excluding hydrogens is 246 g/mol. The van der Waals surface area contributed by atoms with Crippen LogP contribution in [0.15, 0.2) is 65.6 Å². The van der Waals surface area contributed by atoms with E-state index < -0.39 is 0 Å². The second-order valence-corrected chi connectivity index (χ2v) is 4.52. The van der Waals surface area contributed by atoms with Gasteiger partial charge in [-0.15, -0.1) is 0 Å². The number of hydrogen-bond donors (Lipinski definition) is 0. The minimum atomic E-state index is -0.0175. The van der Waals surface area contributed by atoms with Crippen molar-refractivity contribution >= 4 is 17.1 Å².